The summed E-state index contributed by atoms with van der Waals surface area (Å²) in [5.74, 6) is -0.998. The van der Waals surface area contributed by atoms with E-state index < -0.39 is 28.4 Å². The largest absolute Gasteiger partial charge is 0.502 e. The number of rotatable bonds is 4. The maximum Gasteiger partial charge on any atom is 0.338 e. The Bertz CT molecular complexity index is 716. The summed E-state index contributed by atoms with van der Waals surface area (Å²) >= 11 is 5.08. The monoisotopic (exact) mass is 337 g/mol. The third-order valence-corrected chi connectivity index (χ3v) is 3.51. The smallest absolute Gasteiger partial charge is 0.338 e. The van der Waals surface area contributed by atoms with E-state index in [2.05, 4.69) is 10.6 Å². The van der Waals surface area contributed by atoms with Crippen molar-refractivity contribution in [3.8, 4) is 5.75 Å². The molecule has 0 fully saturated rings. The second kappa shape index (κ2) is 6.61. The fourth-order valence-electron chi connectivity index (χ4n) is 2.29. The van der Waals surface area contributed by atoms with Crippen LogP contribution in [0.4, 0.5) is 5.69 Å². The summed E-state index contributed by atoms with van der Waals surface area (Å²) in [7, 11) is 0. The van der Waals surface area contributed by atoms with E-state index in [-0.39, 0.29) is 17.3 Å². The lowest BCUT2D eigenvalue weighted by Gasteiger charge is -2.29. The highest BCUT2D eigenvalue weighted by atomic mass is 32.1. The van der Waals surface area contributed by atoms with Crippen LogP contribution in [0.1, 0.15) is 25.5 Å². The number of phenolic OH excluding ortho intramolecular Hbond substituents is 1. The average molecular weight is 337 g/mol. The quantitative estimate of drug-likeness (QED) is 0.329. The van der Waals surface area contributed by atoms with Crippen molar-refractivity contribution >= 4 is 29.0 Å². The van der Waals surface area contributed by atoms with Gasteiger partial charge in [-0.1, -0.05) is 6.07 Å². The Labute approximate surface area is 137 Å². The van der Waals surface area contributed by atoms with Crippen LogP contribution in [-0.4, -0.2) is 27.7 Å². The minimum absolute atomic E-state index is 0.197. The lowest BCUT2D eigenvalue weighted by Crippen LogP contribution is -2.45. The molecule has 0 saturated heterocycles. The van der Waals surface area contributed by atoms with Crippen molar-refractivity contribution in [3.05, 3.63) is 45.1 Å². The molecule has 0 spiro atoms. The van der Waals surface area contributed by atoms with Gasteiger partial charge in [0, 0.05) is 11.8 Å². The topological polar surface area (TPSA) is 114 Å². The fourth-order valence-corrected chi connectivity index (χ4v) is 2.56. The van der Waals surface area contributed by atoms with Gasteiger partial charge >= 0.3 is 11.7 Å². The number of carbonyl (C=O) groups excluding carboxylic acids is 1. The molecule has 0 unspecified atom stereocenters. The van der Waals surface area contributed by atoms with Gasteiger partial charge in [-0.15, -0.1) is 0 Å². The molecule has 9 heteroatoms. The number of thiocarbonyl (C=S) groups is 1. The average Bonchev–Trinajstić information content (AvgIpc) is 2.46. The molecule has 0 saturated carbocycles. The van der Waals surface area contributed by atoms with Crippen LogP contribution in [-0.2, 0) is 9.53 Å². The van der Waals surface area contributed by atoms with E-state index in [4.69, 9.17) is 17.0 Å². The molecule has 0 amide bonds. The minimum Gasteiger partial charge on any atom is -0.502 e. The molecule has 122 valence electrons. The zero-order valence-electron chi connectivity index (χ0n) is 12.5. The number of hydrogen-bond donors (Lipinski definition) is 3. The van der Waals surface area contributed by atoms with Crippen molar-refractivity contribution in [1.82, 2.24) is 10.6 Å². The first-order valence-electron chi connectivity index (χ1n) is 6.77. The van der Waals surface area contributed by atoms with Crippen LogP contribution < -0.4 is 10.6 Å². The van der Waals surface area contributed by atoms with Crippen LogP contribution in [0.2, 0.25) is 0 Å². The number of aromatic hydroxyl groups is 1. The first-order chi connectivity index (χ1) is 10.8. The highest BCUT2D eigenvalue weighted by molar-refractivity contribution is 7.80. The normalized spacial score (nSPS) is 17.3. The molecule has 1 atom stereocenters. The highest BCUT2D eigenvalue weighted by Gasteiger charge is 2.32. The van der Waals surface area contributed by atoms with Gasteiger partial charge in [-0.05, 0) is 37.7 Å². The summed E-state index contributed by atoms with van der Waals surface area (Å²) < 4.78 is 5.04. The first kappa shape index (κ1) is 16.7. The standard InChI is InChI=1S/C14H15N3O5S/c1-3-22-13(19)11-7(2)15-14(23)16-12(11)8-4-5-10(18)9(6-8)17(20)21/h4-6,12,18H,3H2,1-2H3,(H2,15,16,23)/t12-/m0/s1. The zero-order chi connectivity index (χ0) is 17.1. The van der Waals surface area contributed by atoms with E-state index in [0.717, 1.165) is 0 Å². The summed E-state index contributed by atoms with van der Waals surface area (Å²) in [6.45, 7) is 3.55. The lowest BCUT2D eigenvalue weighted by molar-refractivity contribution is -0.385. The predicted octanol–water partition coefficient (Wildman–Crippen LogP) is 1.66. The van der Waals surface area contributed by atoms with E-state index in [0.29, 0.717) is 11.3 Å². The third kappa shape index (κ3) is 3.39. The van der Waals surface area contributed by atoms with Crippen molar-refractivity contribution in [2.75, 3.05) is 6.61 Å². The number of nitrogens with zero attached hydrogens (tertiary/aromatic N) is 1. The number of benzene rings is 1. The zero-order valence-corrected chi connectivity index (χ0v) is 13.3. The molecule has 8 nitrogen and oxygen atoms in total. The van der Waals surface area contributed by atoms with Crippen LogP contribution in [0, 0.1) is 10.1 Å². The number of nitro benzene ring substituents is 1. The van der Waals surface area contributed by atoms with Crippen LogP contribution in [0.25, 0.3) is 0 Å². The van der Waals surface area contributed by atoms with E-state index in [1.165, 1.54) is 18.2 Å². The second-order valence-corrected chi connectivity index (χ2v) is 5.20. The fraction of sp³-hybridized carbons (Fsp3) is 0.286. The van der Waals surface area contributed by atoms with Crippen LogP contribution >= 0.6 is 12.2 Å². The number of nitrogens with one attached hydrogen (secondary N) is 2. The number of allylic oxidation sites excluding steroid dienone is 1. The van der Waals surface area contributed by atoms with Crippen molar-refractivity contribution in [2.45, 2.75) is 19.9 Å². The molecule has 0 aliphatic carbocycles. The molecule has 0 aromatic heterocycles. The van der Waals surface area contributed by atoms with Gasteiger partial charge in [-0.3, -0.25) is 10.1 Å². The van der Waals surface area contributed by atoms with Gasteiger partial charge < -0.3 is 20.5 Å². The van der Waals surface area contributed by atoms with Crippen LogP contribution in [0.15, 0.2) is 29.5 Å². The summed E-state index contributed by atoms with van der Waals surface area (Å²) in [5.41, 5.74) is 0.753. The van der Waals surface area contributed by atoms with E-state index >= 15 is 0 Å². The summed E-state index contributed by atoms with van der Waals surface area (Å²) in [5, 5.41) is 26.6. The first-order valence-corrected chi connectivity index (χ1v) is 7.18. The number of hydrogen-bond acceptors (Lipinski definition) is 6. The van der Waals surface area contributed by atoms with Gasteiger partial charge in [0.2, 0.25) is 0 Å². The molecule has 1 aliphatic rings. The number of esters is 1. The second-order valence-electron chi connectivity index (χ2n) is 4.80. The third-order valence-electron chi connectivity index (χ3n) is 3.29. The summed E-state index contributed by atoms with van der Waals surface area (Å²) in [6.07, 6.45) is 0. The van der Waals surface area contributed by atoms with Crippen LogP contribution in [0.3, 0.4) is 0 Å². The Kier molecular flexibility index (Phi) is 4.80. The van der Waals surface area contributed by atoms with Crippen molar-refractivity contribution in [2.24, 2.45) is 0 Å². The molecule has 3 N–H and O–H groups in total. The SMILES string of the molecule is CCOC(=O)C1=C(C)NC(=S)N[C@H]1c1ccc(O)c([N+](=O)[O-])c1. The molecule has 23 heavy (non-hydrogen) atoms. The van der Waals surface area contributed by atoms with E-state index in [1.807, 2.05) is 0 Å². The van der Waals surface area contributed by atoms with Gasteiger partial charge in [0.25, 0.3) is 0 Å². The van der Waals surface area contributed by atoms with Gasteiger partial charge in [-0.25, -0.2) is 4.79 Å². The predicted molar refractivity (Wildman–Crippen MR) is 85.7 cm³/mol. The molecule has 1 heterocycles. The number of carbonyl (C=O) groups is 1. The Morgan fingerprint density at radius 1 is 1.52 bits per heavy atom. The summed E-state index contributed by atoms with van der Waals surface area (Å²) in [4.78, 5) is 22.5. The van der Waals surface area contributed by atoms with Gasteiger partial charge in [0.1, 0.15) is 0 Å². The van der Waals surface area contributed by atoms with Gasteiger partial charge in [0.05, 0.1) is 23.1 Å². The molecule has 0 bridgehead atoms. The van der Waals surface area contributed by atoms with Gasteiger partial charge in [0.15, 0.2) is 10.9 Å². The Morgan fingerprint density at radius 2 is 2.22 bits per heavy atom. The highest BCUT2D eigenvalue weighted by Crippen LogP contribution is 2.33. The lowest BCUT2D eigenvalue weighted by atomic mass is 9.95. The molecule has 0 radical (unpaired) electrons. The Morgan fingerprint density at radius 3 is 2.83 bits per heavy atom. The Balaban J connectivity index is 2.52. The Hall–Kier alpha value is -2.68. The van der Waals surface area contributed by atoms with Crippen molar-refractivity contribution in [3.63, 3.8) is 0 Å². The molecule has 1 aliphatic heterocycles. The van der Waals surface area contributed by atoms with Gasteiger partial charge in [-0.2, -0.15) is 0 Å². The maximum absolute atomic E-state index is 12.2. The number of phenols is 1. The molecular formula is C14H15N3O5S. The molecule has 2 rings (SSSR count). The van der Waals surface area contributed by atoms with Crippen molar-refractivity contribution < 1.29 is 19.6 Å². The molecular weight excluding hydrogens is 322 g/mol. The number of ether oxygens (including phenoxy) is 1. The van der Waals surface area contributed by atoms with Crippen LogP contribution in [0.5, 0.6) is 5.75 Å². The van der Waals surface area contributed by atoms with E-state index in [9.17, 15) is 20.0 Å². The molecule has 1 aromatic carbocycles. The molecule has 1 aromatic rings. The van der Waals surface area contributed by atoms with E-state index in [1.54, 1.807) is 13.8 Å². The van der Waals surface area contributed by atoms with Crippen molar-refractivity contribution in [1.29, 1.82) is 0 Å². The number of nitro groups is 1. The maximum atomic E-state index is 12.2. The summed E-state index contributed by atoms with van der Waals surface area (Å²) in [6, 6.07) is 3.19. The minimum atomic E-state index is -0.706.